The molecule has 6 nitrogen and oxygen atoms in total. The summed E-state index contributed by atoms with van der Waals surface area (Å²) in [5.74, 6) is -0.405. The van der Waals surface area contributed by atoms with Crippen LogP contribution >= 0.6 is 11.3 Å². The standard InChI is InChI=1S/C19H15NO5S2/c1-10-8-14(21)15(12-4-2-11(3-5-12)9-27(23,24)25)16-13-6-7-26-18(13)19(22)20-17(10)16/h2-8,21H,9H2,1H3,(H,20,22)(H,23,24,25). The Bertz CT molecular complexity index is 1350. The third-order valence-electron chi connectivity index (χ3n) is 4.47. The Labute approximate surface area is 158 Å². The van der Waals surface area contributed by atoms with Gasteiger partial charge in [0.05, 0.1) is 5.52 Å². The van der Waals surface area contributed by atoms with E-state index in [4.69, 9.17) is 4.55 Å². The quantitative estimate of drug-likeness (QED) is 0.453. The van der Waals surface area contributed by atoms with Crippen molar-refractivity contribution in [2.75, 3.05) is 0 Å². The van der Waals surface area contributed by atoms with E-state index in [-0.39, 0.29) is 11.3 Å². The molecule has 0 saturated carbocycles. The van der Waals surface area contributed by atoms with Gasteiger partial charge in [0, 0.05) is 16.3 Å². The topological polar surface area (TPSA) is 107 Å². The summed E-state index contributed by atoms with van der Waals surface area (Å²) in [6, 6.07) is 10.0. The number of pyridine rings is 1. The number of aryl methyl sites for hydroxylation is 1. The van der Waals surface area contributed by atoms with Gasteiger partial charge in [-0.25, -0.2) is 0 Å². The molecule has 2 heterocycles. The van der Waals surface area contributed by atoms with E-state index in [0.717, 1.165) is 16.3 Å². The average molecular weight is 401 g/mol. The van der Waals surface area contributed by atoms with Crippen LogP contribution in [-0.2, 0) is 15.9 Å². The number of hydrogen-bond acceptors (Lipinski definition) is 5. The summed E-state index contributed by atoms with van der Waals surface area (Å²) in [5.41, 5.74) is 2.91. The van der Waals surface area contributed by atoms with E-state index >= 15 is 0 Å². The fraction of sp³-hybridized carbons (Fsp3) is 0.105. The Morgan fingerprint density at radius 2 is 1.85 bits per heavy atom. The molecule has 4 aromatic rings. The van der Waals surface area contributed by atoms with Crippen LogP contribution in [0.15, 0.2) is 46.6 Å². The van der Waals surface area contributed by atoms with Gasteiger partial charge in [0.25, 0.3) is 15.7 Å². The molecule has 8 heteroatoms. The number of nitrogens with one attached hydrogen (secondary N) is 1. The molecule has 0 fully saturated rings. The summed E-state index contributed by atoms with van der Waals surface area (Å²) >= 11 is 1.33. The summed E-state index contributed by atoms with van der Waals surface area (Å²) in [6.07, 6.45) is 0. The monoisotopic (exact) mass is 401 g/mol. The van der Waals surface area contributed by atoms with Gasteiger partial charge < -0.3 is 10.1 Å². The normalized spacial score (nSPS) is 12.1. The minimum atomic E-state index is -4.12. The Balaban J connectivity index is 2.02. The maximum Gasteiger partial charge on any atom is 0.269 e. The van der Waals surface area contributed by atoms with Crippen LogP contribution in [0.5, 0.6) is 5.75 Å². The number of fused-ring (bicyclic) bond motifs is 3. The first-order chi connectivity index (χ1) is 12.7. The van der Waals surface area contributed by atoms with E-state index in [1.807, 2.05) is 18.4 Å². The highest BCUT2D eigenvalue weighted by Crippen LogP contribution is 2.41. The second-order valence-corrected chi connectivity index (χ2v) is 8.75. The Morgan fingerprint density at radius 1 is 1.15 bits per heavy atom. The number of H-pyrrole nitrogens is 1. The van der Waals surface area contributed by atoms with Crippen LogP contribution in [0, 0.1) is 6.92 Å². The molecule has 0 amide bonds. The van der Waals surface area contributed by atoms with Gasteiger partial charge >= 0.3 is 0 Å². The third kappa shape index (κ3) is 3.12. The fourth-order valence-electron chi connectivity index (χ4n) is 3.35. The Kier molecular flexibility index (Phi) is 4.06. The van der Waals surface area contributed by atoms with Crippen LogP contribution in [0.3, 0.4) is 0 Å². The lowest BCUT2D eigenvalue weighted by molar-refractivity contribution is 0.477. The molecule has 138 valence electrons. The Morgan fingerprint density at radius 3 is 2.52 bits per heavy atom. The van der Waals surface area contributed by atoms with Crippen molar-refractivity contribution in [1.82, 2.24) is 4.98 Å². The largest absolute Gasteiger partial charge is 0.507 e. The van der Waals surface area contributed by atoms with E-state index < -0.39 is 15.9 Å². The van der Waals surface area contributed by atoms with Gasteiger partial charge in [-0.05, 0) is 41.1 Å². The predicted molar refractivity (Wildman–Crippen MR) is 107 cm³/mol. The number of thiophene rings is 1. The van der Waals surface area contributed by atoms with Crippen LogP contribution < -0.4 is 5.56 Å². The van der Waals surface area contributed by atoms with Gasteiger partial charge in [-0.1, -0.05) is 24.3 Å². The minimum absolute atomic E-state index is 0.0714. The van der Waals surface area contributed by atoms with Gasteiger partial charge in [0.1, 0.15) is 16.2 Å². The van der Waals surface area contributed by atoms with Crippen LogP contribution in [0.1, 0.15) is 11.1 Å². The molecule has 0 aliphatic carbocycles. The number of benzene rings is 2. The second-order valence-electron chi connectivity index (χ2n) is 6.38. The number of rotatable bonds is 3. The van der Waals surface area contributed by atoms with E-state index in [0.29, 0.717) is 26.9 Å². The molecule has 0 radical (unpaired) electrons. The summed E-state index contributed by atoms with van der Waals surface area (Å²) in [6.45, 7) is 1.81. The van der Waals surface area contributed by atoms with E-state index in [1.165, 1.54) is 11.3 Å². The van der Waals surface area contributed by atoms with Gasteiger partial charge in [-0.15, -0.1) is 11.3 Å². The number of aromatic amines is 1. The van der Waals surface area contributed by atoms with Crippen molar-refractivity contribution in [3.8, 4) is 16.9 Å². The van der Waals surface area contributed by atoms with Crippen LogP contribution in [0.25, 0.3) is 32.1 Å². The molecular weight excluding hydrogens is 386 g/mol. The van der Waals surface area contributed by atoms with Gasteiger partial charge in [-0.3, -0.25) is 9.35 Å². The first-order valence-corrected chi connectivity index (χ1v) is 10.5. The van der Waals surface area contributed by atoms with Gasteiger partial charge in [0.2, 0.25) is 0 Å². The summed E-state index contributed by atoms with van der Waals surface area (Å²) in [4.78, 5) is 15.2. The molecule has 0 atom stereocenters. The van der Waals surface area contributed by atoms with Crippen LogP contribution in [0.2, 0.25) is 0 Å². The molecule has 2 aromatic heterocycles. The van der Waals surface area contributed by atoms with E-state index in [9.17, 15) is 18.3 Å². The van der Waals surface area contributed by atoms with Crippen molar-refractivity contribution in [3.05, 3.63) is 63.3 Å². The predicted octanol–water partition coefficient (Wildman–Crippen LogP) is 3.81. The second kappa shape index (κ2) is 6.19. The lowest BCUT2D eigenvalue weighted by atomic mass is 9.94. The zero-order valence-electron chi connectivity index (χ0n) is 14.2. The molecule has 3 N–H and O–H groups in total. The number of phenolic OH excluding ortho intramolecular Hbond substituents is 1. The van der Waals surface area contributed by atoms with Gasteiger partial charge in [0.15, 0.2) is 0 Å². The number of aromatic hydroxyl groups is 1. The number of hydrogen-bond donors (Lipinski definition) is 3. The van der Waals surface area contributed by atoms with Crippen molar-refractivity contribution in [1.29, 1.82) is 0 Å². The lowest BCUT2D eigenvalue weighted by Crippen LogP contribution is -2.06. The molecule has 0 unspecified atom stereocenters. The van der Waals surface area contributed by atoms with Crippen molar-refractivity contribution < 1.29 is 18.1 Å². The molecule has 0 aliphatic heterocycles. The SMILES string of the molecule is Cc1cc(O)c(-c2ccc(CS(=O)(=O)O)cc2)c2c1[nH]c(=O)c1sccc12. The first kappa shape index (κ1) is 17.7. The molecular formula is C19H15NO5S2. The maximum absolute atomic E-state index is 12.3. The smallest absolute Gasteiger partial charge is 0.269 e. The lowest BCUT2D eigenvalue weighted by Gasteiger charge is -2.13. The minimum Gasteiger partial charge on any atom is -0.507 e. The highest BCUT2D eigenvalue weighted by atomic mass is 32.2. The van der Waals surface area contributed by atoms with Crippen molar-refractivity contribution >= 4 is 42.4 Å². The molecule has 27 heavy (non-hydrogen) atoms. The highest BCUT2D eigenvalue weighted by Gasteiger charge is 2.17. The summed E-state index contributed by atoms with van der Waals surface area (Å²) in [5, 5.41) is 14.0. The zero-order chi connectivity index (χ0) is 19.3. The molecule has 0 saturated heterocycles. The van der Waals surface area contributed by atoms with Crippen molar-refractivity contribution in [3.63, 3.8) is 0 Å². The molecule has 2 aromatic carbocycles. The Hall–Kier alpha value is -2.68. The zero-order valence-corrected chi connectivity index (χ0v) is 15.8. The van der Waals surface area contributed by atoms with E-state index in [1.54, 1.807) is 30.3 Å². The average Bonchev–Trinajstić information content (AvgIpc) is 3.06. The van der Waals surface area contributed by atoms with E-state index in [2.05, 4.69) is 4.98 Å². The number of phenols is 1. The molecule has 4 rings (SSSR count). The highest BCUT2D eigenvalue weighted by molar-refractivity contribution is 7.85. The van der Waals surface area contributed by atoms with Gasteiger partial charge in [-0.2, -0.15) is 8.42 Å². The van der Waals surface area contributed by atoms with Crippen LogP contribution in [-0.4, -0.2) is 23.1 Å². The summed E-state index contributed by atoms with van der Waals surface area (Å²) < 4.78 is 31.7. The fourth-order valence-corrected chi connectivity index (χ4v) is 4.76. The van der Waals surface area contributed by atoms with Crippen LogP contribution in [0.4, 0.5) is 0 Å². The molecule has 0 aliphatic rings. The third-order valence-corrected chi connectivity index (χ3v) is 6.09. The van der Waals surface area contributed by atoms with Crippen molar-refractivity contribution in [2.45, 2.75) is 12.7 Å². The molecule has 0 bridgehead atoms. The maximum atomic E-state index is 12.3. The number of aromatic nitrogens is 1. The first-order valence-electron chi connectivity index (χ1n) is 8.05. The molecule has 0 spiro atoms. The summed E-state index contributed by atoms with van der Waals surface area (Å²) in [7, 11) is -4.12. The van der Waals surface area contributed by atoms with Crippen molar-refractivity contribution in [2.24, 2.45) is 0 Å².